The lowest BCUT2D eigenvalue weighted by Gasteiger charge is -2.17. The van der Waals surface area contributed by atoms with E-state index < -0.39 is 6.10 Å². The molecule has 0 spiro atoms. The number of hydrogen-bond donors (Lipinski definition) is 2. The fourth-order valence-corrected chi connectivity index (χ4v) is 2.07. The molecular weight excluding hydrogens is 268 g/mol. The molecule has 0 aliphatic rings. The normalized spacial score (nSPS) is 11.8. The number of rotatable bonds is 9. The molecule has 21 heavy (non-hydrogen) atoms. The molecule has 0 bridgehead atoms. The highest BCUT2D eigenvalue weighted by Crippen LogP contribution is 2.22. The van der Waals surface area contributed by atoms with Crippen molar-refractivity contribution in [3.8, 4) is 0 Å². The predicted octanol–water partition coefficient (Wildman–Crippen LogP) is 2.01. The van der Waals surface area contributed by atoms with E-state index in [9.17, 15) is 14.7 Å². The van der Waals surface area contributed by atoms with Gasteiger partial charge in [0.05, 0.1) is 6.10 Å². The van der Waals surface area contributed by atoms with Crippen LogP contribution in [0.5, 0.6) is 0 Å². The first kappa shape index (κ1) is 17.2. The maximum atomic E-state index is 11.3. The average molecular weight is 292 g/mol. The summed E-state index contributed by atoms with van der Waals surface area (Å²) in [5.74, 6) is -0.231. The number of amides is 2. The van der Waals surface area contributed by atoms with E-state index >= 15 is 0 Å². The molecule has 1 atom stereocenters. The van der Waals surface area contributed by atoms with Gasteiger partial charge in [-0.05, 0) is 24.1 Å². The van der Waals surface area contributed by atoms with Gasteiger partial charge in [0.2, 0.25) is 12.3 Å². The van der Waals surface area contributed by atoms with Gasteiger partial charge >= 0.3 is 0 Å². The minimum absolute atomic E-state index is 0.0155. The molecule has 116 valence electrons. The van der Waals surface area contributed by atoms with E-state index in [2.05, 4.69) is 12.2 Å². The number of nitrogens with one attached hydrogen (secondary N) is 1. The molecule has 2 N–H and O–H groups in total. The summed E-state index contributed by atoms with van der Waals surface area (Å²) in [7, 11) is 1.53. The van der Waals surface area contributed by atoms with Gasteiger partial charge in [-0.2, -0.15) is 0 Å². The second-order valence-corrected chi connectivity index (χ2v) is 5.01. The highest BCUT2D eigenvalue weighted by Gasteiger charge is 2.11. The van der Waals surface area contributed by atoms with Gasteiger partial charge in [0.1, 0.15) is 6.54 Å². The van der Waals surface area contributed by atoms with Crippen molar-refractivity contribution in [2.75, 3.05) is 18.5 Å². The molecule has 0 saturated heterocycles. The van der Waals surface area contributed by atoms with Crippen molar-refractivity contribution in [1.82, 2.24) is 5.32 Å². The molecule has 5 nitrogen and oxygen atoms in total. The third-order valence-corrected chi connectivity index (χ3v) is 3.41. The second kappa shape index (κ2) is 9.13. The van der Waals surface area contributed by atoms with Gasteiger partial charge < -0.3 is 15.3 Å². The van der Waals surface area contributed by atoms with Crippen LogP contribution < -0.4 is 10.2 Å². The Morgan fingerprint density at radius 2 is 2.00 bits per heavy atom. The van der Waals surface area contributed by atoms with Crippen LogP contribution in [0.1, 0.15) is 44.3 Å². The van der Waals surface area contributed by atoms with Gasteiger partial charge in [-0.25, -0.2) is 0 Å². The maximum Gasteiger partial charge on any atom is 0.239 e. The molecule has 0 aliphatic heterocycles. The highest BCUT2D eigenvalue weighted by molar-refractivity contribution is 5.88. The van der Waals surface area contributed by atoms with Crippen molar-refractivity contribution in [1.29, 1.82) is 0 Å². The van der Waals surface area contributed by atoms with E-state index in [1.807, 2.05) is 0 Å². The predicted molar refractivity (Wildman–Crippen MR) is 83.0 cm³/mol. The Kier molecular flexibility index (Phi) is 7.46. The molecule has 5 heteroatoms. The Labute approximate surface area is 126 Å². The topological polar surface area (TPSA) is 69.6 Å². The molecule has 0 fully saturated rings. The Bertz CT molecular complexity index is 445. The number of hydrogen-bond acceptors (Lipinski definition) is 3. The monoisotopic (exact) mass is 292 g/mol. The first-order chi connectivity index (χ1) is 10.1. The highest BCUT2D eigenvalue weighted by atomic mass is 16.3. The molecule has 2 amide bonds. The molecule has 0 saturated carbocycles. The minimum atomic E-state index is -0.478. The third kappa shape index (κ3) is 5.55. The standard InChI is InChI=1S/C16H24N2O3/c1-3-4-5-6-15(20)13-7-9-14(10-8-13)18(12-19)11-16(21)17-2/h7-10,12,15,20H,3-6,11H2,1-2H3,(H,17,21). The number of anilines is 1. The summed E-state index contributed by atoms with van der Waals surface area (Å²) in [6, 6.07) is 7.09. The Balaban J connectivity index is 2.67. The fourth-order valence-electron chi connectivity index (χ4n) is 2.07. The summed E-state index contributed by atoms with van der Waals surface area (Å²) in [4.78, 5) is 23.7. The summed E-state index contributed by atoms with van der Waals surface area (Å²) in [6.45, 7) is 2.11. The van der Waals surface area contributed by atoms with E-state index in [-0.39, 0.29) is 12.5 Å². The lowest BCUT2D eigenvalue weighted by atomic mass is 10.0. The number of aliphatic hydroxyl groups is 1. The van der Waals surface area contributed by atoms with E-state index in [1.54, 1.807) is 24.3 Å². The summed E-state index contributed by atoms with van der Waals surface area (Å²) >= 11 is 0. The molecule has 0 aliphatic carbocycles. The van der Waals surface area contributed by atoms with Crippen LogP contribution in [0, 0.1) is 0 Å². The van der Waals surface area contributed by atoms with Gasteiger partial charge in [-0.1, -0.05) is 38.3 Å². The number of carbonyl (C=O) groups excluding carboxylic acids is 2. The number of unbranched alkanes of at least 4 members (excludes halogenated alkanes) is 2. The minimum Gasteiger partial charge on any atom is -0.388 e. The molecule has 0 radical (unpaired) electrons. The Morgan fingerprint density at radius 1 is 1.33 bits per heavy atom. The number of carbonyl (C=O) groups is 2. The van der Waals surface area contributed by atoms with Crippen LogP contribution in [-0.4, -0.2) is 31.0 Å². The smallest absolute Gasteiger partial charge is 0.239 e. The molecule has 1 aromatic rings. The number of nitrogens with zero attached hydrogens (tertiary/aromatic N) is 1. The zero-order valence-electron chi connectivity index (χ0n) is 12.7. The van der Waals surface area contributed by atoms with Crippen LogP contribution in [0.3, 0.4) is 0 Å². The van der Waals surface area contributed by atoms with Gasteiger partial charge in [0.15, 0.2) is 0 Å². The zero-order valence-corrected chi connectivity index (χ0v) is 12.7. The lowest BCUT2D eigenvalue weighted by molar-refractivity contribution is -0.120. The van der Waals surface area contributed by atoms with Crippen LogP contribution in [0.2, 0.25) is 0 Å². The van der Waals surface area contributed by atoms with Crippen LogP contribution in [0.4, 0.5) is 5.69 Å². The molecule has 0 aromatic heterocycles. The average Bonchev–Trinajstić information content (AvgIpc) is 2.52. The van der Waals surface area contributed by atoms with Crippen LogP contribution in [0.15, 0.2) is 24.3 Å². The van der Waals surface area contributed by atoms with E-state index in [0.29, 0.717) is 12.1 Å². The Hall–Kier alpha value is -1.88. The first-order valence-electron chi connectivity index (χ1n) is 7.33. The molecule has 0 heterocycles. The van der Waals surface area contributed by atoms with E-state index in [1.165, 1.54) is 11.9 Å². The summed E-state index contributed by atoms with van der Waals surface area (Å²) in [5.41, 5.74) is 1.47. The first-order valence-corrected chi connectivity index (χ1v) is 7.33. The SMILES string of the molecule is CCCCCC(O)c1ccc(N(C=O)CC(=O)NC)cc1. The van der Waals surface area contributed by atoms with E-state index in [0.717, 1.165) is 31.2 Å². The number of benzene rings is 1. The summed E-state index contributed by atoms with van der Waals surface area (Å²) in [6.07, 6.45) is 4.12. The summed E-state index contributed by atoms with van der Waals surface area (Å²) < 4.78 is 0. The van der Waals surface area contributed by atoms with Gasteiger partial charge in [-0.3, -0.25) is 9.59 Å². The van der Waals surface area contributed by atoms with E-state index in [4.69, 9.17) is 0 Å². The van der Waals surface area contributed by atoms with Crippen molar-refractivity contribution in [2.24, 2.45) is 0 Å². The van der Waals surface area contributed by atoms with Crippen molar-refractivity contribution in [3.63, 3.8) is 0 Å². The van der Waals surface area contributed by atoms with Crippen molar-refractivity contribution >= 4 is 18.0 Å². The molecule has 1 unspecified atom stereocenters. The van der Waals surface area contributed by atoms with Crippen molar-refractivity contribution < 1.29 is 14.7 Å². The van der Waals surface area contributed by atoms with Gasteiger partial charge in [0.25, 0.3) is 0 Å². The summed E-state index contributed by atoms with van der Waals surface area (Å²) in [5, 5.41) is 12.5. The molecule has 1 aromatic carbocycles. The van der Waals surface area contributed by atoms with Crippen LogP contribution >= 0.6 is 0 Å². The molecule has 1 rings (SSSR count). The number of likely N-dealkylation sites (N-methyl/N-ethyl adjacent to an activating group) is 1. The Morgan fingerprint density at radius 3 is 2.52 bits per heavy atom. The maximum absolute atomic E-state index is 11.3. The van der Waals surface area contributed by atoms with Crippen molar-refractivity contribution in [2.45, 2.75) is 38.7 Å². The largest absolute Gasteiger partial charge is 0.388 e. The van der Waals surface area contributed by atoms with Crippen LogP contribution in [-0.2, 0) is 9.59 Å². The van der Waals surface area contributed by atoms with Gasteiger partial charge in [-0.15, -0.1) is 0 Å². The second-order valence-electron chi connectivity index (χ2n) is 5.01. The number of aliphatic hydroxyl groups excluding tert-OH is 1. The quantitative estimate of drug-likeness (QED) is 0.540. The fraction of sp³-hybridized carbons (Fsp3) is 0.500. The van der Waals surface area contributed by atoms with Crippen LogP contribution in [0.25, 0.3) is 0 Å². The lowest BCUT2D eigenvalue weighted by Crippen LogP contribution is -2.34. The third-order valence-electron chi connectivity index (χ3n) is 3.41. The zero-order chi connectivity index (χ0) is 15.7. The van der Waals surface area contributed by atoms with Gasteiger partial charge in [0, 0.05) is 12.7 Å². The molecular formula is C16H24N2O3. The van der Waals surface area contributed by atoms with Crippen molar-refractivity contribution in [3.05, 3.63) is 29.8 Å².